The highest BCUT2D eigenvalue weighted by Gasteiger charge is 2.13. The van der Waals surface area contributed by atoms with Crippen LogP contribution in [0.15, 0.2) is 18.3 Å². The van der Waals surface area contributed by atoms with Gasteiger partial charge in [0.2, 0.25) is 0 Å². The maximum absolute atomic E-state index is 11.8. The Morgan fingerprint density at radius 2 is 2.12 bits per heavy atom. The van der Waals surface area contributed by atoms with Crippen molar-refractivity contribution in [1.29, 1.82) is 0 Å². The molecule has 17 heavy (non-hydrogen) atoms. The van der Waals surface area contributed by atoms with Crippen LogP contribution in [0.2, 0.25) is 0 Å². The van der Waals surface area contributed by atoms with Crippen LogP contribution in [-0.4, -0.2) is 24.0 Å². The molecule has 0 fully saturated rings. The molecule has 4 heteroatoms. The third-order valence-corrected chi connectivity index (χ3v) is 2.15. The molecule has 4 nitrogen and oxygen atoms in total. The Morgan fingerprint density at radius 3 is 2.71 bits per heavy atom. The standard InChI is InChI=1S/C13H21N3O/c1-5-14-10-6-7-15-11(8-10)12(17)16-9-13(2,3)4/h6-8H,5,9H2,1-4H3,(H,14,15)(H,16,17). The van der Waals surface area contributed by atoms with E-state index in [0.717, 1.165) is 12.2 Å². The molecule has 0 aromatic carbocycles. The largest absolute Gasteiger partial charge is 0.385 e. The summed E-state index contributed by atoms with van der Waals surface area (Å²) in [5.41, 5.74) is 1.45. The number of amides is 1. The first-order valence-electron chi connectivity index (χ1n) is 5.90. The Labute approximate surface area is 103 Å². The molecule has 0 aliphatic heterocycles. The second-order valence-electron chi connectivity index (χ2n) is 5.20. The first-order chi connectivity index (χ1) is 7.92. The zero-order valence-corrected chi connectivity index (χ0v) is 11.0. The van der Waals surface area contributed by atoms with E-state index in [4.69, 9.17) is 0 Å². The fourth-order valence-corrected chi connectivity index (χ4v) is 1.30. The molecule has 0 bridgehead atoms. The molecule has 1 amide bonds. The van der Waals surface area contributed by atoms with Crippen LogP contribution in [-0.2, 0) is 0 Å². The van der Waals surface area contributed by atoms with Crippen LogP contribution in [0.5, 0.6) is 0 Å². The number of rotatable bonds is 4. The van der Waals surface area contributed by atoms with Crippen molar-refractivity contribution in [3.63, 3.8) is 0 Å². The van der Waals surface area contributed by atoms with Gasteiger partial charge in [-0.1, -0.05) is 20.8 Å². The number of hydrogen-bond acceptors (Lipinski definition) is 3. The summed E-state index contributed by atoms with van der Waals surface area (Å²) < 4.78 is 0. The van der Waals surface area contributed by atoms with E-state index in [1.165, 1.54) is 0 Å². The van der Waals surface area contributed by atoms with E-state index in [0.29, 0.717) is 12.2 Å². The van der Waals surface area contributed by atoms with E-state index in [9.17, 15) is 4.79 Å². The topological polar surface area (TPSA) is 54.0 Å². The molecule has 94 valence electrons. The number of nitrogens with one attached hydrogen (secondary N) is 2. The molecule has 0 aliphatic rings. The predicted molar refractivity (Wildman–Crippen MR) is 70.2 cm³/mol. The zero-order chi connectivity index (χ0) is 12.9. The SMILES string of the molecule is CCNc1ccnc(C(=O)NCC(C)(C)C)c1. The number of pyridine rings is 1. The van der Waals surface area contributed by atoms with Crippen LogP contribution in [0.4, 0.5) is 5.69 Å². The number of carbonyl (C=O) groups excluding carboxylic acids is 1. The quantitative estimate of drug-likeness (QED) is 0.842. The van der Waals surface area contributed by atoms with Gasteiger partial charge >= 0.3 is 0 Å². The molecule has 2 N–H and O–H groups in total. The van der Waals surface area contributed by atoms with Crippen molar-refractivity contribution in [3.05, 3.63) is 24.0 Å². The molecule has 0 saturated carbocycles. The number of nitrogens with zero attached hydrogens (tertiary/aromatic N) is 1. The highest BCUT2D eigenvalue weighted by molar-refractivity contribution is 5.93. The van der Waals surface area contributed by atoms with Gasteiger partial charge in [-0.05, 0) is 24.5 Å². The van der Waals surface area contributed by atoms with Crippen molar-refractivity contribution in [2.45, 2.75) is 27.7 Å². The predicted octanol–water partition coefficient (Wildman–Crippen LogP) is 2.29. The minimum atomic E-state index is -0.125. The van der Waals surface area contributed by atoms with Gasteiger partial charge in [0.25, 0.3) is 5.91 Å². The van der Waals surface area contributed by atoms with Crippen molar-refractivity contribution in [3.8, 4) is 0 Å². The molecule has 0 unspecified atom stereocenters. The third-order valence-electron chi connectivity index (χ3n) is 2.15. The molecular weight excluding hydrogens is 214 g/mol. The van der Waals surface area contributed by atoms with Gasteiger partial charge in [0.15, 0.2) is 0 Å². The Bertz CT molecular complexity index is 382. The highest BCUT2D eigenvalue weighted by atomic mass is 16.1. The van der Waals surface area contributed by atoms with Crippen LogP contribution < -0.4 is 10.6 Å². The molecule has 1 aromatic heterocycles. The Hall–Kier alpha value is -1.58. The van der Waals surface area contributed by atoms with Gasteiger partial charge in [-0.3, -0.25) is 9.78 Å². The summed E-state index contributed by atoms with van der Waals surface area (Å²) in [7, 11) is 0. The second kappa shape index (κ2) is 5.66. The van der Waals surface area contributed by atoms with Crippen LogP contribution in [0.25, 0.3) is 0 Å². The summed E-state index contributed by atoms with van der Waals surface area (Å²) >= 11 is 0. The molecular formula is C13H21N3O. The lowest BCUT2D eigenvalue weighted by atomic mass is 9.97. The monoisotopic (exact) mass is 235 g/mol. The lowest BCUT2D eigenvalue weighted by molar-refractivity contribution is 0.0934. The highest BCUT2D eigenvalue weighted by Crippen LogP contribution is 2.11. The van der Waals surface area contributed by atoms with Gasteiger partial charge in [0, 0.05) is 25.0 Å². The molecule has 1 rings (SSSR count). The Kier molecular flexibility index (Phi) is 4.49. The van der Waals surface area contributed by atoms with Gasteiger partial charge in [-0.15, -0.1) is 0 Å². The van der Waals surface area contributed by atoms with E-state index >= 15 is 0 Å². The van der Waals surface area contributed by atoms with Gasteiger partial charge in [-0.25, -0.2) is 0 Å². The van der Waals surface area contributed by atoms with Gasteiger partial charge in [0.05, 0.1) is 0 Å². The lowest BCUT2D eigenvalue weighted by Crippen LogP contribution is -2.32. The Morgan fingerprint density at radius 1 is 1.41 bits per heavy atom. The van der Waals surface area contributed by atoms with E-state index in [2.05, 4.69) is 36.4 Å². The fraction of sp³-hybridized carbons (Fsp3) is 0.538. The third kappa shape index (κ3) is 4.85. The maximum atomic E-state index is 11.8. The van der Waals surface area contributed by atoms with Gasteiger partial charge in [-0.2, -0.15) is 0 Å². The van der Waals surface area contributed by atoms with Crippen molar-refractivity contribution in [2.75, 3.05) is 18.4 Å². The smallest absolute Gasteiger partial charge is 0.269 e. The molecule has 0 spiro atoms. The van der Waals surface area contributed by atoms with Crippen LogP contribution >= 0.6 is 0 Å². The van der Waals surface area contributed by atoms with Crippen LogP contribution in [0.1, 0.15) is 38.2 Å². The summed E-state index contributed by atoms with van der Waals surface area (Å²) in [6.45, 7) is 9.72. The molecule has 0 radical (unpaired) electrons. The number of hydrogen-bond donors (Lipinski definition) is 2. The zero-order valence-electron chi connectivity index (χ0n) is 11.0. The summed E-state index contributed by atoms with van der Waals surface area (Å²) in [6, 6.07) is 3.62. The Balaban J connectivity index is 2.65. The average Bonchev–Trinajstić information content (AvgIpc) is 2.26. The summed E-state index contributed by atoms with van der Waals surface area (Å²) in [5.74, 6) is -0.125. The normalized spacial score (nSPS) is 11.1. The lowest BCUT2D eigenvalue weighted by Gasteiger charge is -2.18. The maximum Gasteiger partial charge on any atom is 0.269 e. The van der Waals surface area contributed by atoms with Gasteiger partial charge < -0.3 is 10.6 Å². The summed E-state index contributed by atoms with van der Waals surface area (Å²) in [6.07, 6.45) is 1.64. The second-order valence-corrected chi connectivity index (χ2v) is 5.20. The van der Waals surface area contributed by atoms with Crippen molar-refractivity contribution in [2.24, 2.45) is 5.41 Å². The first-order valence-corrected chi connectivity index (χ1v) is 5.90. The van der Waals surface area contributed by atoms with Crippen LogP contribution in [0, 0.1) is 5.41 Å². The number of carbonyl (C=O) groups is 1. The molecule has 1 aromatic rings. The van der Waals surface area contributed by atoms with Gasteiger partial charge in [0.1, 0.15) is 5.69 Å². The van der Waals surface area contributed by atoms with Crippen molar-refractivity contribution < 1.29 is 4.79 Å². The minimum Gasteiger partial charge on any atom is -0.385 e. The fourth-order valence-electron chi connectivity index (χ4n) is 1.30. The molecule has 0 atom stereocenters. The van der Waals surface area contributed by atoms with Crippen LogP contribution in [0.3, 0.4) is 0 Å². The minimum absolute atomic E-state index is 0.0783. The summed E-state index contributed by atoms with van der Waals surface area (Å²) in [5, 5.41) is 6.03. The molecule has 0 saturated heterocycles. The molecule has 0 aliphatic carbocycles. The first kappa shape index (κ1) is 13.5. The number of aromatic nitrogens is 1. The summed E-state index contributed by atoms with van der Waals surface area (Å²) in [4.78, 5) is 15.9. The number of anilines is 1. The molecule has 1 heterocycles. The van der Waals surface area contributed by atoms with E-state index < -0.39 is 0 Å². The van der Waals surface area contributed by atoms with Crippen molar-refractivity contribution >= 4 is 11.6 Å². The average molecular weight is 235 g/mol. The van der Waals surface area contributed by atoms with E-state index in [-0.39, 0.29) is 11.3 Å². The van der Waals surface area contributed by atoms with Crippen molar-refractivity contribution in [1.82, 2.24) is 10.3 Å². The van der Waals surface area contributed by atoms with E-state index in [1.807, 2.05) is 13.0 Å². The van der Waals surface area contributed by atoms with E-state index in [1.54, 1.807) is 12.3 Å².